The fourth-order valence-corrected chi connectivity index (χ4v) is 1.36. The zero-order valence-corrected chi connectivity index (χ0v) is 8.47. The Bertz CT molecular complexity index is 545. The van der Waals surface area contributed by atoms with Crippen LogP contribution in [0.5, 0.6) is 5.75 Å². The Hall–Kier alpha value is -2.30. The highest BCUT2D eigenvalue weighted by atomic mass is 16.4. The molecule has 0 aliphatic carbocycles. The van der Waals surface area contributed by atoms with Crippen LogP contribution in [0.2, 0.25) is 0 Å². The van der Waals surface area contributed by atoms with Crippen LogP contribution in [0.15, 0.2) is 28.7 Å². The van der Waals surface area contributed by atoms with Gasteiger partial charge in [0.05, 0.1) is 5.69 Å². The number of phenols is 1. The van der Waals surface area contributed by atoms with Gasteiger partial charge in [-0.25, -0.2) is 9.78 Å². The summed E-state index contributed by atoms with van der Waals surface area (Å²) in [6, 6.07) is 6.27. The first-order chi connectivity index (χ1) is 7.58. The highest BCUT2D eigenvalue weighted by molar-refractivity contribution is 5.86. The summed E-state index contributed by atoms with van der Waals surface area (Å²) in [4.78, 5) is 14.7. The van der Waals surface area contributed by atoms with Crippen molar-refractivity contribution in [2.75, 3.05) is 0 Å². The molecular formula is C11H9NO4. The molecule has 0 saturated carbocycles. The van der Waals surface area contributed by atoms with Gasteiger partial charge in [0.25, 0.3) is 0 Å². The van der Waals surface area contributed by atoms with Gasteiger partial charge in [0.2, 0.25) is 11.7 Å². The lowest BCUT2D eigenvalue weighted by atomic mass is 10.2. The molecule has 16 heavy (non-hydrogen) atoms. The number of benzene rings is 1. The third kappa shape index (κ3) is 1.75. The maximum absolute atomic E-state index is 10.8. The summed E-state index contributed by atoms with van der Waals surface area (Å²) in [6.07, 6.45) is 0. The summed E-state index contributed by atoms with van der Waals surface area (Å²) in [5.74, 6) is -1.08. The molecule has 0 unspecified atom stereocenters. The van der Waals surface area contributed by atoms with Gasteiger partial charge in [-0.05, 0) is 25.1 Å². The zero-order chi connectivity index (χ0) is 11.7. The number of carbonyl (C=O) groups is 1. The minimum Gasteiger partial charge on any atom is -0.508 e. The van der Waals surface area contributed by atoms with E-state index in [4.69, 9.17) is 9.52 Å². The van der Waals surface area contributed by atoms with Gasteiger partial charge in [-0.15, -0.1) is 0 Å². The normalized spacial score (nSPS) is 10.3. The zero-order valence-electron chi connectivity index (χ0n) is 8.47. The van der Waals surface area contributed by atoms with Crippen molar-refractivity contribution >= 4 is 5.97 Å². The molecule has 82 valence electrons. The molecule has 1 heterocycles. The van der Waals surface area contributed by atoms with Crippen LogP contribution in [-0.4, -0.2) is 21.2 Å². The SMILES string of the molecule is Cc1nc(-c2cccc(O)c2)oc1C(=O)O. The van der Waals surface area contributed by atoms with E-state index in [-0.39, 0.29) is 17.4 Å². The standard InChI is InChI=1S/C11H9NO4/c1-6-9(11(14)15)16-10(12-6)7-3-2-4-8(13)5-7/h2-5,13H,1H3,(H,14,15). The van der Waals surface area contributed by atoms with Crippen LogP contribution in [0.25, 0.3) is 11.5 Å². The lowest BCUT2D eigenvalue weighted by molar-refractivity contribution is 0.0662. The third-order valence-electron chi connectivity index (χ3n) is 2.08. The molecule has 0 amide bonds. The average Bonchev–Trinajstić information content (AvgIpc) is 2.60. The monoisotopic (exact) mass is 219 g/mol. The second kappa shape index (κ2) is 3.69. The molecule has 0 spiro atoms. The number of nitrogens with zero attached hydrogens (tertiary/aromatic N) is 1. The smallest absolute Gasteiger partial charge is 0.373 e. The second-order valence-electron chi connectivity index (χ2n) is 3.29. The van der Waals surface area contributed by atoms with E-state index in [1.54, 1.807) is 19.1 Å². The number of oxazole rings is 1. The van der Waals surface area contributed by atoms with E-state index in [1.807, 2.05) is 0 Å². The van der Waals surface area contributed by atoms with Gasteiger partial charge in [0.15, 0.2) is 0 Å². The summed E-state index contributed by atoms with van der Waals surface area (Å²) in [5, 5.41) is 18.1. The maximum atomic E-state index is 10.8. The molecule has 5 heteroatoms. The Morgan fingerprint density at radius 2 is 2.19 bits per heavy atom. The lowest BCUT2D eigenvalue weighted by Gasteiger charge is -1.95. The number of rotatable bonds is 2. The van der Waals surface area contributed by atoms with Crippen molar-refractivity contribution in [1.82, 2.24) is 4.98 Å². The second-order valence-corrected chi connectivity index (χ2v) is 3.29. The number of phenolic OH excluding ortho intramolecular Hbond substituents is 1. The quantitative estimate of drug-likeness (QED) is 0.807. The molecule has 0 fully saturated rings. The van der Waals surface area contributed by atoms with Crippen LogP contribution in [0.3, 0.4) is 0 Å². The van der Waals surface area contributed by atoms with E-state index >= 15 is 0 Å². The van der Waals surface area contributed by atoms with Gasteiger partial charge in [0.1, 0.15) is 5.75 Å². The molecule has 2 aromatic rings. The molecule has 0 bridgehead atoms. The topological polar surface area (TPSA) is 83.6 Å². The number of hydrogen-bond donors (Lipinski definition) is 2. The Labute approximate surface area is 91.0 Å². The summed E-state index contributed by atoms with van der Waals surface area (Å²) in [5.41, 5.74) is 0.849. The molecule has 1 aromatic carbocycles. The summed E-state index contributed by atoms with van der Waals surface area (Å²) >= 11 is 0. The van der Waals surface area contributed by atoms with Gasteiger partial charge in [0, 0.05) is 5.56 Å². The van der Waals surface area contributed by atoms with E-state index in [1.165, 1.54) is 12.1 Å². The van der Waals surface area contributed by atoms with Crippen LogP contribution in [0.1, 0.15) is 16.2 Å². The first kappa shape index (κ1) is 10.2. The first-order valence-electron chi connectivity index (χ1n) is 4.58. The van der Waals surface area contributed by atoms with Crippen molar-refractivity contribution in [3.63, 3.8) is 0 Å². The van der Waals surface area contributed by atoms with Crippen molar-refractivity contribution < 1.29 is 19.4 Å². The predicted molar refractivity (Wildman–Crippen MR) is 55.3 cm³/mol. The average molecular weight is 219 g/mol. The van der Waals surface area contributed by atoms with Crippen molar-refractivity contribution in [2.24, 2.45) is 0 Å². The van der Waals surface area contributed by atoms with E-state index in [9.17, 15) is 9.90 Å². The summed E-state index contributed by atoms with van der Waals surface area (Å²) in [6.45, 7) is 1.55. The fourth-order valence-electron chi connectivity index (χ4n) is 1.36. The van der Waals surface area contributed by atoms with Gasteiger partial charge in [-0.1, -0.05) is 6.07 Å². The van der Waals surface area contributed by atoms with Crippen molar-refractivity contribution in [3.8, 4) is 17.2 Å². The number of carboxylic acid groups (broad SMARTS) is 1. The summed E-state index contributed by atoms with van der Waals surface area (Å²) in [7, 11) is 0. The van der Waals surface area contributed by atoms with Crippen LogP contribution in [0.4, 0.5) is 0 Å². The number of carboxylic acids is 1. The van der Waals surface area contributed by atoms with Crippen molar-refractivity contribution in [2.45, 2.75) is 6.92 Å². The number of hydrogen-bond acceptors (Lipinski definition) is 4. The number of aromatic nitrogens is 1. The Morgan fingerprint density at radius 1 is 1.44 bits per heavy atom. The van der Waals surface area contributed by atoms with Gasteiger partial charge in [-0.3, -0.25) is 0 Å². The van der Waals surface area contributed by atoms with E-state index in [0.29, 0.717) is 11.3 Å². The number of aryl methyl sites for hydroxylation is 1. The highest BCUT2D eigenvalue weighted by Crippen LogP contribution is 2.24. The van der Waals surface area contributed by atoms with E-state index < -0.39 is 5.97 Å². The molecule has 0 aliphatic heterocycles. The van der Waals surface area contributed by atoms with Crippen LogP contribution < -0.4 is 0 Å². The number of aromatic hydroxyl groups is 1. The molecule has 0 saturated heterocycles. The minimum atomic E-state index is -1.16. The first-order valence-corrected chi connectivity index (χ1v) is 4.58. The molecule has 5 nitrogen and oxygen atoms in total. The maximum Gasteiger partial charge on any atom is 0.373 e. The Kier molecular flexibility index (Phi) is 2.36. The van der Waals surface area contributed by atoms with Gasteiger partial charge < -0.3 is 14.6 Å². The molecule has 0 radical (unpaired) electrons. The Balaban J connectivity index is 2.49. The van der Waals surface area contributed by atoms with Crippen LogP contribution in [0, 0.1) is 6.92 Å². The van der Waals surface area contributed by atoms with Crippen molar-refractivity contribution in [1.29, 1.82) is 0 Å². The molecule has 0 aliphatic rings. The molecule has 2 N–H and O–H groups in total. The van der Waals surface area contributed by atoms with E-state index in [2.05, 4.69) is 4.98 Å². The summed E-state index contributed by atoms with van der Waals surface area (Å²) < 4.78 is 5.10. The van der Waals surface area contributed by atoms with Gasteiger partial charge in [-0.2, -0.15) is 0 Å². The molecule has 1 aromatic heterocycles. The van der Waals surface area contributed by atoms with E-state index in [0.717, 1.165) is 0 Å². The lowest BCUT2D eigenvalue weighted by Crippen LogP contribution is -1.95. The molecule has 0 atom stereocenters. The largest absolute Gasteiger partial charge is 0.508 e. The Morgan fingerprint density at radius 3 is 2.75 bits per heavy atom. The molecule has 2 rings (SSSR count). The van der Waals surface area contributed by atoms with Gasteiger partial charge >= 0.3 is 5.97 Å². The fraction of sp³-hybridized carbons (Fsp3) is 0.0909. The third-order valence-corrected chi connectivity index (χ3v) is 2.08. The highest BCUT2D eigenvalue weighted by Gasteiger charge is 2.17. The van der Waals surface area contributed by atoms with Crippen LogP contribution in [-0.2, 0) is 0 Å². The predicted octanol–water partition coefficient (Wildman–Crippen LogP) is 2.05. The van der Waals surface area contributed by atoms with Crippen molar-refractivity contribution in [3.05, 3.63) is 35.7 Å². The van der Waals surface area contributed by atoms with Crippen LogP contribution >= 0.6 is 0 Å². The number of aromatic carboxylic acids is 1. The minimum absolute atomic E-state index is 0.0743. The molecular weight excluding hydrogens is 210 g/mol.